The number of rotatable bonds is 4. The van der Waals surface area contributed by atoms with Gasteiger partial charge in [0.05, 0.1) is 24.6 Å². The largest absolute Gasteiger partial charge is 0.505 e. The normalized spacial score (nSPS) is 10.8. The Morgan fingerprint density at radius 2 is 1.62 bits per heavy atom. The van der Waals surface area contributed by atoms with Crippen molar-refractivity contribution in [3.63, 3.8) is 0 Å². The lowest BCUT2D eigenvalue weighted by Crippen LogP contribution is -2.22. The molecule has 0 aliphatic carbocycles. The quantitative estimate of drug-likeness (QED) is 0.576. The van der Waals surface area contributed by atoms with Gasteiger partial charge in [0.2, 0.25) is 0 Å². The Morgan fingerprint density at radius 3 is 2.34 bits per heavy atom. The summed E-state index contributed by atoms with van der Waals surface area (Å²) in [5, 5.41) is 13.6. The number of hydrogen-bond acceptors (Lipinski definition) is 5. The van der Waals surface area contributed by atoms with Crippen LogP contribution in [0, 0.1) is 11.6 Å². The fourth-order valence-corrected chi connectivity index (χ4v) is 2.87. The Bertz CT molecular complexity index is 1220. The molecule has 0 unspecified atom stereocenters. The second-order valence-electron chi connectivity index (χ2n) is 6.34. The van der Waals surface area contributed by atoms with Gasteiger partial charge in [-0.25, -0.2) is 23.4 Å². The zero-order valence-electron chi connectivity index (χ0n) is 15.0. The molecule has 0 bridgehead atoms. The van der Waals surface area contributed by atoms with E-state index in [9.17, 15) is 18.7 Å². The highest BCUT2D eigenvalue weighted by atomic mass is 19.1. The highest BCUT2D eigenvalue weighted by molar-refractivity contribution is 5.58. The summed E-state index contributed by atoms with van der Waals surface area (Å²) in [5.41, 5.74) is 1.63. The van der Waals surface area contributed by atoms with Crippen molar-refractivity contribution < 1.29 is 13.9 Å². The highest BCUT2D eigenvalue weighted by Crippen LogP contribution is 2.20. The van der Waals surface area contributed by atoms with E-state index >= 15 is 0 Å². The van der Waals surface area contributed by atoms with Crippen LogP contribution in [0.15, 0.2) is 71.8 Å². The van der Waals surface area contributed by atoms with Crippen molar-refractivity contribution in [3.05, 3.63) is 94.5 Å². The van der Waals surface area contributed by atoms with Crippen LogP contribution in [0.25, 0.3) is 22.6 Å². The van der Waals surface area contributed by atoms with E-state index in [-0.39, 0.29) is 29.1 Å². The molecule has 0 saturated carbocycles. The third-order valence-electron chi connectivity index (χ3n) is 4.18. The van der Waals surface area contributed by atoms with Crippen LogP contribution in [0.5, 0.6) is 5.75 Å². The monoisotopic (exact) mass is 392 g/mol. The summed E-state index contributed by atoms with van der Waals surface area (Å²) in [5.74, 6) is -1.05. The van der Waals surface area contributed by atoms with E-state index in [4.69, 9.17) is 0 Å². The molecule has 2 heterocycles. The minimum atomic E-state index is -0.721. The standard InChI is InChI=1S/C21H14F2N4O2/c22-16-7-15(8-17(23)9-16)19-4-5-20(29)27(26-19)12-13-2-1-3-14(6-13)21-24-10-18(28)11-25-21/h1-11,28H,12H2. The van der Waals surface area contributed by atoms with Crippen molar-refractivity contribution in [2.24, 2.45) is 0 Å². The maximum absolute atomic E-state index is 13.5. The van der Waals surface area contributed by atoms with E-state index in [0.29, 0.717) is 11.4 Å². The van der Waals surface area contributed by atoms with Gasteiger partial charge in [0.15, 0.2) is 11.6 Å². The average molecular weight is 392 g/mol. The van der Waals surface area contributed by atoms with Crippen molar-refractivity contribution in [1.29, 1.82) is 0 Å². The smallest absolute Gasteiger partial charge is 0.267 e. The Hall–Kier alpha value is -3.94. The minimum Gasteiger partial charge on any atom is -0.505 e. The number of halogens is 2. The molecule has 0 saturated heterocycles. The molecule has 8 heteroatoms. The second-order valence-corrected chi connectivity index (χ2v) is 6.34. The first-order valence-electron chi connectivity index (χ1n) is 8.63. The van der Waals surface area contributed by atoms with Crippen LogP contribution in [0.2, 0.25) is 0 Å². The zero-order valence-corrected chi connectivity index (χ0v) is 15.0. The Labute approximate surface area is 163 Å². The lowest BCUT2D eigenvalue weighted by Gasteiger charge is -2.09. The van der Waals surface area contributed by atoms with Crippen LogP contribution < -0.4 is 5.56 Å². The molecular weight excluding hydrogens is 378 g/mol. The van der Waals surface area contributed by atoms with Gasteiger partial charge in [0, 0.05) is 23.3 Å². The number of benzene rings is 2. The highest BCUT2D eigenvalue weighted by Gasteiger charge is 2.09. The van der Waals surface area contributed by atoms with Crippen molar-refractivity contribution >= 4 is 0 Å². The summed E-state index contributed by atoms with van der Waals surface area (Å²) in [6, 6.07) is 13.0. The SMILES string of the molecule is O=c1ccc(-c2cc(F)cc(F)c2)nn1Cc1cccc(-c2ncc(O)cn2)c1. The van der Waals surface area contributed by atoms with Crippen LogP contribution in [0.4, 0.5) is 8.78 Å². The van der Waals surface area contributed by atoms with E-state index in [2.05, 4.69) is 15.1 Å². The maximum Gasteiger partial charge on any atom is 0.267 e. The van der Waals surface area contributed by atoms with Gasteiger partial charge in [-0.1, -0.05) is 18.2 Å². The van der Waals surface area contributed by atoms with Crippen LogP contribution in [-0.2, 0) is 6.54 Å². The van der Waals surface area contributed by atoms with Gasteiger partial charge < -0.3 is 5.11 Å². The first kappa shape index (κ1) is 18.4. The Morgan fingerprint density at radius 1 is 0.897 bits per heavy atom. The first-order valence-corrected chi connectivity index (χ1v) is 8.63. The molecule has 29 heavy (non-hydrogen) atoms. The molecular formula is C21H14F2N4O2. The summed E-state index contributed by atoms with van der Waals surface area (Å²) in [4.78, 5) is 20.4. The summed E-state index contributed by atoms with van der Waals surface area (Å²) in [6.07, 6.45) is 2.59. The fraction of sp³-hybridized carbons (Fsp3) is 0.0476. The summed E-state index contributed by atoms with van der Waals surface area (Å²) < 4.78 is 28.2. The number of nitrogens with zero attached hydrogens (tertiary/aromatic N) is 4. The van der Waals surface area contributed by atoms with Gasteiger partial charge in [0.1, 0.15) is 11.6 Å². The summed E-state index contributed by atoms with van der Waals surface area (Å²) in [6.45, 7) is 0.149. The molecule has 0 fully saturated rings. The molecule has 4 aromatic rings. The van der Waals surface area contributed by atoms with Crippen LogP contribution in [0.3, 0.4) is 0 Å². The van der Waals surface area contributed by atoms with Gasteiger partial charge in [-0.2, -0.15) is 5.10 Å². The van der Waals surface area contributed by atoms with Crippen LogP contribution in [0.1, 0.15) is 5.56 Å². The topological polar surface area (TPSA) is 80.9 Å². The molecule has 0 atom stereocenters. The summed E-state index contributed by atoms with van der Waals surface area (Å²) >= 11 is 0. The lowest BCUT2D eigenvalue weighted by atomic mass is 10.1. The molecule has 2 aromatic carbocycles. The fourth-order valence-electron chi connectivity index (χ4n) is 2.87. The zero-order chi connectivity index (χ0) is 20.4. The Kier molecular flexibility index (Phi) is 4.82. The van der Waals surface area contributed by atoms with E-state index in [1.165, 1.54) is 29.2 Å². The number of aromatic nitrogens is 4. The van der Waals surface area contributed by atoms with E-state index in [1.54, 1.807) is 18.2 Å². The summed E-state index contributed by atoms with van der Waals surface area (Å²) in [7, 11) is 0. The predicted octanol–water partition coefficient (Wildman–Crippen LogP) is 3.40. The number of aromatic hydroxyl groups is 1. The third-order valence-corrected chi connectivity index (χ3v) is 4.18. The molecule has 0 radical (unpaired) electrons. The van der Waals surface area contributed by atoms with E-state index in [1.807, 2.05) is 6.07 Å². The molecule has 4 rings (SSSR count). The van der Waals surface area contributed by atoms with E-state index < -0.39 is 11.6 Å². The number of hydrogen-bond donors (Lipinski definition) is 1. The molecule has 6 nitrogen and oxygen atoms in total. The third kappa shape index (κ3) is 4.16. The van der Waals surface area contributed by atoms with E-state index in [0.717, 1.165) is 23.8 Å². The molecule has 1 N–H and O–H groups in total. The first-order chi connectivity index (χ1) is 14.0. The maximum atomic E-state index is 13.5. The second kappa shape index (κ2) is 7.59. The van der Waals surface area contributed by atoms with Gasteiger partial charge in [-0.3, -0.25) is 4.79 Å². The molecule has 0 spiro atoms. The minimum absolute atomic E-state index is 0.0359. The Balaban J connectivity index is 1.67. The van der Waals surface area contributed by atoms with Crippen molar-refractivity contribution in [3.8, 4) is 28.4 Å². The molecule has 0 amide bonds. The van der Waals surface area contributed by atoms with Crippen molar-refractivity contribution in [1.82, 2.24) is 19.7 Å². The van der Waals surface area contributed by atoms with Gasteiger partial charge in [0.25, 0.3) is 5.56 Å². The average Bonchev–Trinajstić information content (AvgIpc) is 2.70. The molecule has 0 aliphatic heterocycles. The van der Waals surface area contributed by atoms with Gasteiger partial charge in [-0.15, -0.1) is 0 Å². The van der Waals surface area contributed by atoms with Crippen LogP contribution in [-0.4, -0.2) is 24.9 Å². The van der Waals surface area contributed by atoms with Gasteiger partial charge >= 0.3 is 0 Å². The molecule has 144 valence electrons. The van der Waals surface area contributed by atoms with Crippen molar-refractivity contribution in [2.45, 2.75) is 6.54 Å². The molecule has 2 aromatic heterocycles. The van der Waals surface area contributed by atoms with Crippen LogP contribution >= 0.6 is 0 Å². The lowest BCUT2D eigenvalue weighted by molar-refractivity contribution is 0.470. The molecule has 0 aliphatic rings. The van der Waals surface area contributed by atoms with Crippen molar-refractivity contribution in [2.75, 3.05) is 0 Å². The van der Waals surface area contributed by atoms with Gasteiger partial charge in [-0.05, 0) is 29.8 Å². The predicted molar refractivity (Wildman–Crippen MR) is 102 cm³/mol.